The highest BCUT2D eigenvalue weighted by Gasteiger charge is 2.36. The Morgan fingerprint density at radius 3 is 2.40 bits per heavy atom. The van der Waals surface area contributed by atoms with Crippen LogP contribution in [0.1, 0.15) is 12.8 Å². The maximum absolute atomic E-state index is 6.68. The summed E-state index contributed by atoms with van der Waals surface area (Å²) in [5.74, 6) is 0. The minimum Gasteiger partial charge on any atom is -0.370 e. The molecule has 1 aromatic carbocycles. The van der Waals surface area contributed by atoms with Gasteiger partial charge in [-0.2, -0.15) is 5.10 Å². The van der Waals surface area contributed by atoms with Crippen LogP contribution in [0.4, 0.5) is 5.69 Å². The molecule has 1 spiro atoms. The minimum absolute atomic E-state index is 0.222. The highest BCUT2D eigenvalue weighted by atomic mass is 35.5. The number of piperazine rings is 1. The normalized spacial score (nSPS) is 18.7. The maximum atomic E-state index is 6.68. The number of aryl methyl sites for hydroxylation is 1. The standard InChI is InChI=1S/C23H27ClN6/c1-29-15-19(12-28-29)17-2-4-18(5-3-17)20-13-26-14-21(24)22(20)30-10-6-23(7-11-30)16-25-8-9-27-23/h2-5,12-15,25,27H,6-11,16H2,1H3. The van der Waals surface area contributed by atoms with Gasteiger partial charge in [-0.3, -0.25) is 9.67 Å². The molecule has 0 aliphatic carbocycles. The van der Waals surface area contributed by atoms with Crippen LogP contribution in [0.15, 0.2) is 49.1 Å². The first kappa shape index (κ1) is 19.5. The van der Waals surface area contributed by atoms with Gasteiger partial charge in [-0.15, -0.1) is 0 Å². The molecule has 5 rings (SSSR count). The molecule has 3 aromatic rings. The Morgan fingerprint density at radius 2 is 1.73 bits per heavy atom. The Hall–Kier alpha value is -2.41. The maximum Gasteiger partial charge on any atom is 0.0829 e. The third kappa shape index (κ3) is 3.71. The first-order valence-electron chi connectivity index (χ1n) is 10.6. The molecule has 2 aliphatic rings. The minimum atomic E-state index is 0.222. The summed E-state index contributed by atoms with van der Waals surface area (Å²) in [5, 5.41) is 12.3. The molecule has 6 nitrogen and oxygen atoms in total. The largest absolute Gasteiger partial charge is 0.370 e. The van der Waals surface area contributed by atoms with Crippen LogP contribution in [0.2, 0.25) is 5.02 Å². The number of hydrogen-bond donors (Lipinski definition) is 2. The van der Waals surface area contributed by atoms with E-state index in [1.54, 1.807) is 6.20 Å². The molecule has 4 heterocycles. The molecule has 2 fully saturated rings. The predicted molar refractivity (Wildman–Crippen MR) is 122 cm³/mol. The van der Waals surface area contributed by atoms with Crippen LogP contribution in [0.25, 0.3) is 22.3 Å². The smallest absolute Gasteiger partial charge is 0.0829 e. The molecule has 0 unspecified atom stereocenters. The van der Waals surface area contributed by atoms with E-state index < -0.39 is 0 Å². The second-order valence-electron chi connectivity index (χ2n) is 8.37. The molecule has 2 aromatic heterocycles. The van der Waals surface area contributed by atoms with Crippen LogP contribution >= 0.6 is 11.6 Å². The molecule has 0 atom stereocenters. The molecular formula is C23H27ClN6. The zero-order chi connectivity index (χ0) is 20.6. The number of nitrogens with zero attached hydrogens (tertiary/aromatic N) is 4. The van der Waals surface area contributed by atoms with Crippen molar-refractivity contribution in [2.24, 2.45) is 7.05 Å². The zero-order valence-electron chi connectivity index (χ0n) is 17.2. The lowest BCUT2D eigenvalue weighted by Crippen LogP contribution is -2.63. The van der Waals surface area contributed by atoms with Gasteiger partial charge in [0.05, 0.1) is 16.9 Å². The van der Waals surface area contributed by atoms with Gasteiger partial charge < -0.3 is 15.5 Å². The highest BCUT2D eigenvalue weighted by Crippen LogP contribution is 2.39. The third-order valence-corrected chi connectivity index (χ3v) is 6.69. The van der Waals surface area contributed by atoms with E-state index >= 15 is 0 Å². The predicted octanol–water partition coefficient (Wildman–Crippen LogP) is 3.33. The van der Waals surface area contributed by atoms with E-state index in [1.165, 1.54) is 0 Å². The summed E-state index contributed by atoms with van der Waals surface area (Å²) in [6.45, 7) is 5.12. The van der Waals surface area contributed by atoms with Gasteiger partial charge in [-0.05, 0) is 24.0 Å². The van der Waals surface area contributed by atoms with Gasteiger partial charge in [0.2, 0.25) is 0 Å². The number of aromatic nitrogens is 3. The lowest BCUT2D eigenvalue weighted by Gasteiger charge is -2.46. The van der Waals surface area contributed by atoms with Gasteiger partial charge in [0.1, 0.15) is 0 Å². The first-order chi connectivity index (χ1) is 14.6. The van der Waals surface area contributed by atoms with Crippen LogP contribution in [0.3, 0.4) is 0 Å². The van der Waals surface area contributed by atoms with Crippen LogP contribution in [0.5, 0.6) is 0 Å². The van der Waals surface area contributed by atoms with Crippen molar-refractivity contribution < 1.29 is 0 Å². The zero-order valence-corrected chi connectivity index (χ0v) is 18.0. The van der Waals surface area contributed by atoms with Crippen molar-refractivity contribution in [3.8, 4) is 22.3 Å². The first-order valence-corrected chi connectivity index (χ1v) is 11.0. The van der Waals surface area contributed by atoms with E-state index in [4.69, 9.17) is 11.6 Å². The number of benzene rings is 1. The summed E-state index contributed by atoms with van der Waals surface area (Å²) >= 11 is 6.68. The Kier molecular flexibility index (Phi) is 5.23. The van der Waals surface area contributed by atoms with E-state index in [1.807, 2.05) is 30.3 Å². The number of hydrogen-bond acceptors (Lipinski definition) is 5. The summed E-state index contributed by atoms with van der Waals surface area (Å²) < 4.78 is 1.82. The van der Waals surface area contributed by atoms with Gasteiger partial charge in [0.15, 0.2) is 0 Å². The highest BCUT2D eigenvalue weighted by molar-refractivity contribution is 6.33. The molecule has 0 amide bonds. The van der Waals surface area contributed by atoms with Gasteiger partial charge in [-0.25, -0.2) is 0 Å². The van der Waals surface area contributed by atoms with Crippen molar-refractivity contribution in [3.63, 3.8) is 0 Å². The topological polar surface area (TPSA) is 58.0 Å². The van der Waals surface area contributed by atoms with Gasteiger partial charge >= 0.3 is 0 Å². The second kappa shape index (κ2) is 8.02. The van der Waals surface area contributed by atoms with Crippen molar-refractivity contribution >= 4 is 17.3 Å². The average molecular weight is 423 g/mol. The quantitative estimate of drug-likeness (QED) is 0.678. The van der Waals surface area contributed by atoms with Crippen LogP contribution in [-0.4, -0.2) is 53.0 Å². The lowest BCUT2D eigenvalue weighted by atomic mass is 9.85. The number of anilines is 1. The summed E-state index contributed by atoms with van der Waals surface area (Å²) in [5.41, 5.74) is 5.80. The van der Waals surface area contributed by atoms with Gasteiger partial charge in [0.25, 0.3) is 0 Å². The third-order valence-electron chi connectivity index (χ3n) is 6.41. The molecule has 0 bridgehead atoms. The van der Waals surface area contributed by atoms with Crippen molar-refractivity contribution in [3.05, 3.63) is 54.1 Å². The van der Waals surface area contributed by atoms with Crippen molar-refractivity contribution in [2.45, 2.75) is 18.4 Å². The molecule has 0 saturated carbocycles. The molecule has 30 heavy (non-hydrogen) atoms. The van der Waals surface area contributed by atoms with E-state index in [0.717, 1.165) is 78.5 Å². The number of pyridine rings is 1. The summed E-state index contributed by atoms with van der Waals surface area (Å²) in [4.78, 5) is 6.82. The Balaban J connectivity index is 1.41. The summed E-state index contributed by atoms with van der Waals surface area (Å²) in [6, 6.07) is 8.58. The number of nitrogens with one attached hydrogen (secondary N) is 2. The number of rotatable bonds is 3. The second-order valence-corrected chi connectivity index (χ2v) is 8.78. The molecular weight excluding hydrogens is 396 g/mol. The average Bonchev–Trinajstić information content (AvgIpc) is 3.22. The molecule has 156 valence electrons. The van der Waals surface area contributed by atoms with E-state index in [-0.39, 0.29) is 5.54 Å². The lowest BCUT2D eigenvalue weighted by molar-refractivity contribution is 0.222. The summed E-state index contributed by atoms with van der Waals surface area (Å²) in [7, 11) is 1.93. The Bertz CT molecular complexity index is 1010. The number of piperidine rings is 1. The number of halogens is 1. The summed E-state index contributed by atoms with van der Waals surface area (Å²) in [6.07, 6.45) is 9.83. The van der Waals surface area contributed by atoms with E-state index in [9.17, 15) is 0 Å². The SMILES string of the molecule is Cn1cc(-c2ccc(-c3cncc(Cl)c3N3CCC4(CC3)CNCCN4)cc2)cn1. The van der Waals surface area contributed by atoms with E-state index in [0.29, 0.717) is 0 Å². The Labute approximate surface area is 182 Å². The molecule has 2 aliphatic heterocycles. The fourth-order valence-electron chi connectivity index (χ4n) is 4.69. The van der Waals surface area contributed by atoms with Crippen molar-refractivity contribution in [2.75, 3.05) is 37.6 Å². The van der Waals surface area contributed by atoms with Crippen LogP contribution in [0, 0.1) is 0 Å². The molecule has 2 saturated heterocycles. The molecule has 2 N–H and O–H groups in total. The van der Waals surface area contributed by atoms with Gasteiger partial charge in [-0.1, -0.05) is 35.9 Å². The van der Waals surface area contributed by atoms with Crippen LogP contribution in [-0.2, 0) is 7.05 Å². The molecule has 0 radical (unpaired) electrons. The molecule has 7 heteroatoms. The van der Waals surface area contributed by atoms with Gasteiger partial charge in [0, 0.05) is 75.0 Å². The van der Waals surface area contributed by atoms with Crippen LogP contribution < -0.4 is 15.5 Å². The van der Waals surface area contributed by atoms with Crippen molar-refractivity contribution in [1.29, 1.82) is 0 Å². The van der Waals surface area contributed by atoms with E-state index in [2.05, 4.69) is 49.9 Å². The fourth-order valence-corrected chi connectivity index (χ4v) is 4.97. The fraction of sp³-hybridized carbons (Fsp3) is 0.391. The Morgan fingerprint density at radius 1 is 0.967 bits per heavy atom. The van der Waals surface area contributed by atoms with Crippen molar-refractivity contribution in [1.82, 2.24) is 25.4 Å². The monoisotopic (exact) mass is 422 g/mol.